The number of aromatic hydroxyl groups is 1. The molecular weight excluding hydrogens is 284 g/mol. The highest BCUT2D eigenvalue weighted by atomic mass is 16.3. The number of rotatable bonds is 6. The van der Waals surface area contributed by atoms with Crippen molar-refractivity contribution in [2.75, 3.05) is 6.54 Å². The van der Waals surface area contributed by atoms with Gasteiger partial charge in [-0.3, -0.25) is 4.98 Å². The SMILES string of the molecule is Oc1ccc([C@H]2CC[C@H](NCCCc3cccnc3)CC2)cc1. The second-order valence-corrected chi connectivity index (χ2v) is 6.56. The van der Waals surface area contributed by atoms with Crippen LogP contribution in [0.3, 0.4) is 0 Å². The molecule has 1 aliphatic carbocycles. The van der Waals surface area contributed by atoms with Gasteiger partial charge >= 0.3 is 0 Å². The molecule has 1 heterocycles. The molecule has 3 rings (SSSR count). The minimum absolute atomic E-state index is 0.359. The standard InChI is InChI=1S/C20H26N2O/c23-20-11-7-18(8-12-20)17-5-9-19(10-6-17)22-14-2-4-16-3-1-13-21-15-16/h1,3,7-8,11-13,15,17,19,22-23H,2,4-6,9-10,14H2/t17-,19-. The smallest absolute Gasteiger partial charge is 0.115 e. The van der Waals surface area contributed by atoms with Gasteiger partial charge < -0.3 is 10.4 Å². The minimum Gasteiger partial charge on any atom is -0.508 e. The third-order valence-corrected chi connectivity index (χ3v) is 4.89. The molecule has 0 bridgehead atoms. The van der Waals surface area contributed by atoms with Gasteiger partial charge in [-0.1, -0.05) is 18.2 Å². The van der Waals surface area contributed by atoms with Crippen LogP contribution in [0, 0.1) is 0 Å². The Morgan fingerprint density at radius 2 is 1.83 bits per heavy atom. The molecule has 23 heavy (non-hydrogen) atoms. The monoisotopic (exact) mass is 310 g/mol. The van der Waals surface area contributed by atoms with Gasteiger partial charge in [0.05, 0.1) is 0 Å². The van der Waals surface area contributed by atoms with Crippen LogP contribution in [0.1, 0.15) is 49.1 Å². The number of hydrogen-bond donors (Lipinski definition) is 2. The summed E-state index contributed by atoms with van der Waals surface area (Å²) in [7, 11) is 0. The van der Waals surface area contributed by atoms with Gasteiger partial charge in [-0.15, -0.1) is 0 Å². The maximum Gasteiger partial charge on any atom is 0.115 e. The summed E-state index contributed by atoms with van der Waals surface area (Å²) in [4.78, 5) is 4.16. The first kappa shape index (κ1) is 16.0. The van der Waals surface area contributed by atoms with Crippen LogP contribution in [0.4, 0.5) is 0 Å². The van der Waals surface area contributed by atoms with Crippen LogP contribution in [0.25, 0.3) is 0 Å². The molecule has 3 nitrogen and oxygen atoms in total. The lowest BCUT2D eigenvalue weighted by atomic mass is 9.81. The molecule has 3 heteroatoms. The highest BCUT2D eigenvalue weighted by molar-refractivity contribution is 5.28. The van der Waals surface area contributed by atoms with Crippen LogP contribution in [0.5, 0.6) is 5.75 Å². The van der Waals surface area contributed by atoms with Crippen molar-refractivity contribution in [1.29, 1.82) is 0 Å². The van der Waals surface area contributed by atoms with E-state index < -0.39 is 0 Å². The van der Waals surface area contributed by atoms with Gasteiger partial charge in [-0.2, -0.15) is 0 Å². The van der Waals surface area contributed by atoms with Crippen LogP contribution < -0.4 is 5.32 Å². The lowest BCUT2D eigenvalue weighted by Crippen LogP contribution is -2.33. The van der Waals surface area contributed by atoms with Crippen LogP contribution in [-0.4, -0.2) is 22.7 Å². The number of nitrogens with one attached hydrogen (secondary N) is 1. The largest absolute Gasteiger partial charge is 0.508 e. The van der Waals surface area contributed by atoms with Crippen LogP contribution in [-0.2, 0) is 6.42 Å². The van der Waals surface area contributed by atoms with E-state index in [1.165, 1.54) is 43.2 Å². The average Bonchev–Trinajstić information content (AvgIpc) is 2.61. The maximum absolute atomic E-state index is 9.39. The third-order valence-electron chi connectivity index (χ3n) is 4.89. The number of nitrogens with zero attached hydrogens (tertiary/aromatic N) is 1. The molecule has 1 fully saturated rings. The highest BCUT2D eigenvalue weighted by Crippen LogP contribution is 2.33. The van der Waals surface area contributed by atoms with Crippen molar-refractivity contribution >= 4 is 0 Å². The third kappa shape index (κ3) is 4.80. The van der Waals surface area contributed by atoms with Gasteiger partial charge in [0, 0.05) is 18.4 Å². The van der Waals surface area contributed by atoms with Crippen molar-refractivity contribution in [3.63, 3.8) is 0 Å². The number of aryl methyl sites for hydroxylation is 1. The van der Waals surface area contributed by atoms with E-state index in [0.29, 0.717) is 17.7 Å². The van der Waals surface area contributed by atoms with E-state index in [2.05, 4.69) is 28.5 Å². The first-order valence-corrected chi connectivity index (χ1v) is 8.72. The van der Waals surface area contributed by atoms with E-state index in [1.807, 2.05) is 18.5 Å². The van der Waals surface area contributed by atoms with E-state index >= 15 is 0 Å². The summed E-state index contributed by atoms with van der Waals surface area (Å²) in [5.74, 6) is 1.02. The highest BCUT2D eigenvalue weighted by Gasteiger charge is 2.21. The van der Waals surface area contributed by atoms with E-state index in [4.69, 9.17) is 0 Å². The Balaban J connectivity index is 1.35. The number of phenolic OH excluding ortho intramolecular Hbond substituents is 1. The van der Waals surface area contributed by atoms with Crippen molar-refractivity contribution in [1.82, 2.24) is 10.3 Å². The number of pyridine rings is 1. The zero-order valence-electron chi connectivity index (χ0n) is 13.6. The molecule has 0 unspecified atom stereocenters. The quantitative estimate of drug-likeness (QED) is 0.792. The Hall–Kier alpha value is -1.87. The van der Waals surface area contributed by atoms with Gasteiger partial charge in [0.1, 0.15) is 5.75 Å². The molecule has 1 saturated carbocycles. The zero-order valence-corrected chi connectivity index (χ0v) is 13.6. The Labute approximate surface area is 138 Å². The van der Waals surface area contributed by atoms with E-state index in [0.717, 1.165) is 13.0 Å². The van der Waals surface area contributed by atoms with Gasteiger partial charge in [0.25, 0.3) is 0 Å². The zero-order chi connectivity index (χ0) is 15.9. The Bertz CT molecular complexity index is 574. The minimum atomic E-state index is 0.359. The van der Waals surface area contributed by atoms with Gasteiger partial charge in [0.15, 0.2) is 0 Å². The lowest BCUT2D eigenvalue weighted by molar-refractivity contribution is 0.342. The normalized spacial score (nSPS) is 21.2. The number of hydrogen-bond acceptors (Lipinski definition) is 3. The summed E-state index contributed by atoms with van der Waals surface area (Å²) in [6, 6.07) is 12.6. The molecule has 2 aromatic rings. The molecule has 0 spiro atoms. The first-order chi connectivity index (χ1) is 11.3. The molecule has 0 amide bonds. The Morgan fingerprint density at radius 1 is 1.04 bits per heavy atom. The Kier molecular flexibility index (Phi) is 5.65. The fourth-order valence-electron chi connectivity index (χ4n) is 3.52. The molecule has 1 aromatic carbocycles. The van der Waals surface area contributed by atoms with E-state index in [1.54, 1.807) is 12.1 Å². The van der Waals surface area contributed by atoms with Gasteiger partial charge in [-0.05, 0) is 80.3 Å². The Morgan fingerprint density at radius 3 is 2.52 bits per heavy atom. The number of phenols is 1. The molecular formula is C20H26N2O. The summed E-state index contributed by atoms with van der Waals surface area (Å²) in [6.07, 6.45) is 11.0. The van der Waals surface area contributed by atoms with Crippen molar-refractivity contribution in [3.05, 3.63) is 59.9 Å². The summed E-state index contributed by atoms with van der Waals surface area (Å²) < 4.78 is 0. The molecule has 0 atom stereocenters. The molecule has 1 aromatic heterocycles. The van der Waals surface area contributed by atoms with E-state index in [-0.39, 0.29) is 0 Å². The van der Waals surface area contributed by atoms with Crippen molar-refractivity contribution in [3.8, 4) is 5.75 Å². The summed E-state index contributed by atoms with van der Waals surface area (Å²) in [6.45, 7) is 1.09. The second kappa shape index (κ2) is 8.11. The average molecular weight is 310 g/mol. The molecule has 1 aliphatic rings. The molecule has 2 N–H and O–H groups in total. The van der Waals surface area contributed by atoms with E-state index in [9.17, 15) is 5.11 Å². The summed E-state index contributed by atoms with van der Waals surface area (Å²) >= 11 is 0. The maximum atomic E-state index is 9.39. The molecule has 122 valence electrons. The molecule has 0 radical (unpaired) electrons. The van der Waals surface area contributed by atoms with Crippen molar-refractivity contribution in [2.24, 2.45) is 0 Å². The lowest BCUT2D eigenvalue weighted by Gasteiger charge is -2.29. The predicted molar refractivity (Wildman–Crippen MR) is 93.7 cm³/mol. The molecule has 0 aliphatic heterocycles. The van der Waals surface area contributed by atoms with Crippen LogP contribution in [0.2, 0.25) is 0 Å². The van der Waals surface area contributed by atoms with Crippen LogP contribution >= 0.6 is 0 Å². The van der Waals surface area contributed by atoms with Gasteiger partial charge in [0.2, 0.25) is 0 Å². The number of aromatic nitrogens is 1. The second-order valence-electron chi connectivity index (χ2n) is 6.56. The van der Waals surface area contributed by atoms with Crippen molar-refractivity contribution in [2.45, 2.75) is 50.5 Å². The van der Waals surface area contributed by atoms with Crippen molar-refractivity contribution < 1.29 is 5.11 Å². The fourth-order valence-corrected chi connectivity index (χ4v) is 3.52. The fraction of sp³-hybridized carbons (Fsp3) is 0.450. The summed E-state index contributed by atoms with van der Waals surface area (Å²) in [5.41, 5.74) is 2.70. The topological polar surface area (TPSA) is 45.1 Å². The van der Waals surface area contributed by atoms with Crippen LogP contribution in [0.15, 0.2) is 48.8 Å². The first-order valence-electron chi connectivity index (χ1n) is 8.72. The predicted octanol–water partition coefficient (Wildman–Crippen LogP) is 4.04. The number of benzene rings is 1. The molecule has 0 saturated heterocycles. The van der Waals surface area contributed by atoms with Gasteiger partial charge in [-0.25, -0.2) is 0 Å². The summed E-state index contributed by atoms with van der Waals surface area (Å²) in [5, 5.41) is 13.1.